The van der Waals surface area contributed by atoms with Gasteiger partial charge >= 0.3 is 0 Å². The first-order valence-corrected chi connectivity index (χ1v) is 8.49. The van der Waals surface area contributed by atoms with Gasteiger partial charge in [0.2, 0.25) is 5.91 Å². The number of amides is 1. The molecule has 3 atom stereocenters. The fraction of sp³-hybridized carbons (Fsp3) is 0.929. The highest BCUT2D eigenvalue weighted by Crippen LogP contribution is 2.33. The van der Waals surface area contributed by atoms with Gasteiger partial charge in [-0.15, -0.1) is 0 Å². The number of carbonyl (C=O) groups excluding carboxylic acids is 1. The largest absolute Gasteiger partial charge is 0.379 e. The molecule has 0 aromatic carbocycles. The first-order valence-electron chi connectivity index (χ1n) is 7.34. The van der Waals surface area contributed by atoms with Gasteiger partial charge in [0.1, 0.15) is 6.10 Å². The summed E-state index contributed by atoms with van der Waals surface area (Å²) in [7, 11) is 1.75. The molecule has 0 saturated carbocycles. The average molecular weight is 285 g/mol. The fourth-order valence-electron chi connectivity index (χ4n) is 3.59. The number of nitrogens with zero attached hydrogens (tertiary/aromatic N) is 1. The van der Waals surface area contributed by atoms with Crippen LogP contribution in [0.5, 0.6) is 0 Å². The predicted molar refractivity (Wildman–Crippen MR) is 75.3 cm³/mol. The minimum atomic E-state index is 0.0978. The lowest BCUT2D eigenvalue weighted by atomic mass is 9.92. The maximum atomic E-state index is 12.7. The van der Waals surface area contributed by atoms with Crippen molar-refractivity contribution in [3.8, 4) is 0 Å². The van der Waals surface area contributed by atoms with E-state index >= 15 is 0 Å². The van der Waals surface area contributed by atoms with Crippen LogP contribution in [0.1, 0.15) is 25.7 Å². The van der Waals surface area contributed by atoms with E-state index in [2.05, 4.69) is 4.90 Å². The van der Waals surface area contributed by atoms with Crippen molar-refractivity contribution in [3.05, 3.63) is 0 Å². The zero-order valence-electron chi connectivity index (χ0n) is 11.5. The second-order valence-corrected chi connectivity index (χ2v) is 6.90. The third kappa shape index (κ3) is 2.65. The molecule has 3 aliphatic heterocycles. The normalized spacial score (nSPS) is 36.3. The number of hydrogen-bond donors (Lipinski definition) is 0. The van der Waals surface area contributed by atoms with Crippen molar-refractivity contribution in [2.24, 2.45) is 5.92 Å². The van der Waals surface area contributed by atoms with Crippen LogP contribution < -0.4 is 0 Å². The summed E-state index contributed by atoms with van der Waals surface area (Å²) in [6, 6.07) is 0.251. The topological polar surface area (TPSA) is 38.8 Å². The molecule has 3 aliphatic rings. The van der Waals surface area contributed by atoms with Crippen molar-refractivity contribution in [1.82, 2.24) is 4.90 Å². The molecule has 0 aliphatic carbocycles. The van der Waals surface area contributed by atoms with Gasteiger partial charge in [0.15, 0.2) is 0 Å². The van der Waals surface area contributed by atoms with Gasteiger partial charge in [0, 0.05) is 26.2 Å². The van der Waals surface area contributed by atoms with Crippen molar-refractivity contribution >= 4 is 17.7 Å². The summed E-state index contributed by atoms with van der Waals surface area (Å²) in [4.78, 5) is 14.8. The molecule has 3 heterocycles. The minimum Gasteiger partial charge on any atom is -0.379 e. The Balaban J connectivity index is 1.68. The van der Waals surface area contributed by atoms with Crippen LogP contribution in [0.15, 0.2) is 0 Å². The van der Waals surface area contributed by atoms with Crippen LogP contribution in [0.2, 0.25) is 0 Å². The number of fused-ring (bicyclic) bond motifs is 1. The highest BCUT2D eigenvalue weighted by atomic mass is 32.2. The van der Waals surface area contributed by atoms with E-state index in [-0.39, 0.29) is 24.2 Å². The van der Waals surface area contributed by atoms with Gasteiger partial charge in [-0.05, 0) is 37.2 Å². The number of carbonyl (C=O) groups is 1. The summed E-state index contributed by atoms with van der Waals surface area (Å²) >= 11 is 1.97. The molecule has 108 valence electrons. The SMILES string of the molecule is CO[C@H]1CCN(C(=O)C2CCSCC2)[C@H]2CCO[C@H]12. The molecule has 0 aromatic rings. The number of likely N-dealkylation sites (tertiary alicyclic amines) is 1. The Morgan fingerprint density at radius 2 is 2.05 bits per heavy atom. The van der Waals surface area contributed by atoms with Crippen LogP contribution in [0.4, 0.5) is 0 Å². The predicted octanol–water partition coefficient (Wildman–Crippen LogP) is 1.53. The maximum Gasteiger partial charge on any atom is 0.226 e. The third-order valence-electron chi connectivity index (χ3n) is 4.68. The number of hydrogen-bond acceptors (Lipinski definition) is 4. The van der Waals surface area contributed by atoms with Crippen LogP contribution in [0.25, 0.3) is 0 Å². The summed E-state index contributed by atoms with van der Waals surface area (Å²) in [5.41, 5.74) is 0. The van der Waals surface area contributed by atoms with Gasteiger partial charge < -0.3 is 14.4 Å². The van der Waals surface area contributed by atoms with Crippen molar-refractivity contribution in [3.63, 3.8) is 0 Å². The van der Waals surface area contributed by atoms with Gasteiger partial charge in [0.05, 0.1) is 12.1 Å². The number of thioether (sulfide) groups is 1. The van der Waals surface area contributed by atoms with Crippen molar-refractivity contribution < 1.29 is 14.3 Å². The van der Waals surface area contributed by atoms with E-state index < -0.39 is 0 Å². The molecule has 0 N–H and O–H groups in total. The summed E-state index contributed by atoms with van der Waals surface area (Å²) in [5, 5.41) is 0. The minimum absolute atomic E-state index is 0.0978. The average Bonchev–Trinajstić information content (AvgIpc) is 2.96. The second kappa shape index (κ2) is 6.02. The maximum absolute atomic E-state index is 12.7. The van der Waals surface area contributed by atoms with E-state index in [0.717, 1.165) is 50.3 Å². The molecule has 0 spiro atoms. The highest BCUT2D eigenvalue weighted by Gasteiger charge is 2.45. The number of piperidine rings is 1. The molecule has 4 nitrogen and oxygen atoms in total. The lowest BCUT2D eigenvalue weighted by molar-refractivity contribution is -0.147. The molecule has 0 aromatic heterocycles. The first-order chi connectivity index (χ1) is 9.31. The second-order valence-electron chi connectivity index (χ2n) is 5.67. The summed E-state index contributed by atoms with van der Waals surface area (Å²) in [6.07, 6.45) is 4.24. The Morgan fingerprint density at radius 1 is 1.26 bits per heavy atom. The van der Waals surface area contributed by atoms with Crippen LogP contribution >= 0.6 is 11.8 Å². The van der Waals surface area contributed by atoms with Crippen molar-refractivity contribution in [2.45, 2.75) is 43.9 Å². The van der Waals surface area contributed by atoms with Crippen molar-refractivity contribution in [2.75, 3.05) is 31.8 Å². The molecule has 0 unspecified atom stereocenters. The Kier molecular flexibility index (Phi) is 4.34. The van der Waals surface area contributed by atoms with E-state index in [1.54, 1.807) is 7.11 Å². The number of rotatable bonds is 2. The monoisotopic (exact) mass is 285 g/mol. The molecular formula is C14H23NO3S. The lowest BCUT2D eigenvalue weighted by Gasteiger charge is -2.42. The molecule has 5 heteroatoms. The van der Waals surface area contributed by atoms with Crippen LogP contribution in [0.3, 0.4) is 0 Å². The van der Waals surface area contributed by atoms with E-state index in [1.165, 1.54) is 0 Å². The molecule has 3 saturated heterocycles. The highest BCUT2D eigenvalue weighted by molar-refractivity contribution is 7.99. The third-order valence-corrected chi connectivity index (χ3v) is 5.73. The first kappa shape index (κ1) is 13.7. The van der Waals surface area contributed by atoms with E-state index in [0.29, 0.717) is 5.91 Å². The van der Waals surface area contributed by atoms with Gasteiger partial charge in [-0.2, -0.15) is 11.8 Å². The zero-order valence-corrected chi connectivity index (χ0v) is 12.4. The molecular weight excluding hydrogens is 262 g/mol. The Bertz CT molecular complexity index is 333. The molecule has 3 rings (SSSR count). The smallest absolute Gasteiger partial charge is 0.226 e. The quantitative estimate of drug-likeness (QED) is 0.771. The Morgan fingerprint density at radius 3 is 2.79 bits per heavy atom. The standard InChI is InChI=1S/C14H23NO3S/c1-17-12-2-6-15(11-3-7-18-13(11)12)14(16)10-4-8-19-9-5-10/h10-13H,2-9H2,1H3/t11-,12-,13-/m0/s1. The van der Waals surface area contributed by atoms with E-state index in [9.17, 15) is 4.79 Å². The lowest BCUT2D eigenvalue weighted by Crippen LogP contribution is -2.56. The van der Waals surface area contributed by atoms with Crippen molar-refractivity contribution in [1.29, 1.82) is 0 Å². The Hall–Kier alpha value is -0.260. The summed E-state index contributed by atoms with van der Waals surface area (Å²) in [6.45, 7) is 1.60. The van der Waals surface area contributed by atoms with Gasteiger partial charge in [-0.3, -0.25) is 4.79 Å². The van der Waals surface area contributed by atoms with Crippen LogP contribution in [-0.2, 0) is 14.3 Å². The molecule has 1 amide bonds. The van der Waals surface area contributed by atoms with E-state index in [1.807, 2.05) is 11.8 Å². The van der Waals surface area contributed by atoms with Gasteiger partial charge in [0.25, 0.3) is 0 Å². The zero-order chi connectivity index (χ0) is 13.2. The van der Waals surface area contributed by atoms with Gasteiger partial charge in [-0.1, -0.05) is 0 Å². The molecule has 0 radical (unpaired) electrons. The fourth-order valence-corrected chi connectivity index (χ4v) is 4.70. The number of ether oxygens (including phenoxy) is 2. The Labute approximate surface area is 119 Å². The molecule has 0 bridgehead atoms. The van der Waals surface area contributed by atoms with Gasteiger partial charge in [-0.25, -0.2) is 0 Å². The van der Waals surface area contributed by atoms with E-state index in [4.69, 9.17) is 9.47 Å². The summed E-state index contributed by atoms with van der Waals surface area (Å²) < 4.78 is 11.3. The summed E-state index contributed by atoms with van der Waals surface area (Å²) in [5.74, 6) is 2.89. The molecule has 19 heavy (non-hydrogen) atoms. The molecule has 3 fully saturated rings. The van der Waals surface area contributed by atoms with Crippen LogP contribution in [0, 0.1) is 5.92 Å². The number of methoxy groups -OCH3 is 1. The van der Waals surface area contributed by atoms with Crippen LogP contribution in [-0.4, -0.2) is 60.8 Å².